The molecular weight excluding hydrogens is 344 g/mol. The molecule has 2 heterocycles. The highest BCUT2D eigenvalue weighted by atomic mass is 16.7. The number of hydrogen-bond acceptors (Lipinski definition) is 4. The molecule has 0 unspecified atom stereocenters. The highest BCUT2D eigenvalue weighted by Crippen LogP contribution is 2.31. The van der Waals surface area contributed by atoms with E-state index in [0.717, 1.165) is 25.7 Å². The minimum atomic E-state index is -0.459. The van der Waals surface area contributed by atoms with E-state index >= 15 is 0 Å². The van der Waals surface area contributed by atoms with Crippen molar-refractivity contribution >= 4 is 11.8 Å². The maximum absolute atomic E-state index is 12.5. The van der Waals surface area contributed by atoms with Gasteiger partial charge in [-0.3, -0.25) is 9.59 Å². The van der Waals surface area contributed by atoms with Crippen molar-refractivity contribution in [3.63, 3.8) is 0 Å². The van der Waals surface area contributed by atoms with Crippen LogP contribution >= 0.6 is 0 Å². The smallest absolute Gasteiger partial charge is 0.224 e. The topological polar surface area (TPSA) is 59.1 Å². The fourth-order valence-electron chi connectivity index (χ4n) is 3.82. The molecule has 2 amide bonds. The molecule has 1 aromatic rings. The van der Waals surface area contributed by atoms with Crippen molar-refractivity contribution in [1.29, 1.82) is 0 Å². The number of piperidine rings is 1. The third-order valence-electron chi connectivity index (χ3n) is 5.47. The second-order valence-electron chi connectivity index (χ2n) is 7.33. The molecule has 27 heavy (non-hydrogen) atoms. The molecule has 6 heteroatoms. The molecule has 0 N–H and O–H groups in total. The summed E-state index contributed by atoms with van der Waals surface area (Å²) in [5.74, 6) is -0.321. The van der Waals surface area contributed by atoms with Crippen LogP contribution in [0.25, 0.3) is 0 Å². The molecule has 2 saturated heterocycles. The van der Waals surface area contributed by atoms with Gasteiger partial charge in [-0.25, -0.2) is 0 Å². The average molecular weight is 374 g/mol. The van der Waals surface area contributed by atoms with Gasteiger partial charge in [0.25, 0.3) is 0 Å². The summed E-state index contributed by atoms with van der Waals surface area (Å²) in [6, 6.07) is 10.3. The van der Waals surface area contributed by atoms with Crippen molar-refractivity contribution in [2.24, 2.45) is 0 Å². The third-order valence-corrected chi connectivity index (χ3v) is 5.47. The van der Waals surface area contributed by atoms with Crippen LogP contribution in [-0.2, 0) is 25.5 Å². The molecule has 2 aliphatic rings. The Morgan fingerprint density at radius 3 is 2.37 bits per heavy atom. The second kappa shape index (κ2) is 9.33. The summed E-state index contributed by atoms with van der Waals surface area (Å²) in [7, 11) is 0. The quantitative estimate of drug-likeness (QED) is 0.734. The SMILES string of the molecule is CC(=O)N(CCCc1ccccc1)CCC(=O)N1CCC2(CC1)OCCO2. The zero-order chi connectivity index (χ0) is 19.1. The van der Waals surface area contributed by atoms with Crippen LogP contribution < -0.4 is 0 Å². The van der Waals surface area contributed by atoms with Crippen molar-refractivity contribution in [1.82, 2.24) is 9.80 Å². The standard InChI is InChI=1S/C21H30N2O4/c1-18(24)22(12-5-8-19-6-3-2-4-7-19)13-9-20(25)23-14-10-21(11-15-23)26-16-17-27-21/h2-4,6-7H,5,8-17H2,1H3. The Labute approximate surface area is 161 Å². The molecule has 0 saturated carbocycles. The van der Waals surface area contributed by atoms with Crippen LogP contribution in [-0.4, -0.2) is 66.8 Å². The molecule has 2 fully saturated rings. The zero-order valence-electron chi connectivity index (χ0n) is 16.2. The van der Waals surface area contributed by atoms with Gasteiger partial charge in [0.15, 0.2) is 5.79 Å². The van der Waals surface area contributed by atoms with E-state index in [1.165, 1.54) is 5.56 Å². The number of carbonyl (C=O) groups excluding carboxylic acids is 2. The Bertz CT molecular complexity index is 618. The van der Waals surface area contributed by atoms with E-state index in [9.17, 15) is 9.59 Å². The van der Waals surface area contributed by atoms with E-state index in [0.29, 0.717) is 45.8 Å². The summed E-state index contributed by atoms with van der Waals surface area (Å²) in [6.45, 7) is 5.35. The minimum absolute atomic E-state index is 0.0289. The molecule has 0 aliphatic carbocycles. The van der Waals surface area contributed by atoms with Crippen molar-refractivity contribution in [2.45, 2.75) is 44.8 Å². The van der Waals surface area contributed by atoms with Crippen molar-refractivity contribution in [2.75, 3.05) is 39.4 Å². The molecule has 0 atom stereocenters. The Morgan fingerprint density at radius 1 is 1.07 bits per heavy atom. The van der Waals surface area contributed by atoms with Crippen LogP contribution in [0.3, 0.4) is 0 Å². The molecular formula is C21H30N2O4. The maximum atomic E-state index is 12.5. The van der Waals surface area contributed by atoms with E-state index in [2.05, 4.69) is 12.1 Å². The molecule has 3 rings (SSSR count). The first-order valence-corrected chi connectivity index (χ1v) is 9.93. The Balaban J connectivity index is 1.39. The fourth-order valence-corrected chi connectivity index (χ4v) is 3.82. The Kier molecular flexibility index (Phi) is 6.85. The summed E-state index contributed by atoms with van der Waals surface area (Å²) in [5.41, 5.74) is 1.27. The lowest BCUT2D eigenvalue weighted by Crippen LogP contribution is -2.48. The highest BCUT2D eigenvalue weighted by molar-refractivity contribution is 5.78. The first-order valence-electron chi connectivity index (χ1n) is 9.93. The molecule has 148 valence electrons. The number of aryl methyl sites for hydroxylation is 1. The van der Waals surface area contributed by atoms with Crippen molar-refractivity contribution < 1.29 is 19.1 Å². The van der Waals surface area contributed by atoms with Crippen LogP contribution in [0.1, 0.15) is 38.2 Å². The predicted octanol–water partition coefficient (Wildman–Crippen LogP) is 2.22. The van der Waals surface area contributed by atoms with Gasteiger partial charge in [-0.15, -0.1) is 0 Å². The van der Waals surface area contributed by atoms with Gasteiger partial charge in [-0.1, -0.05) is 30.3 Å². The molecule has 2 aliphatic heterocycles. The van der Waals surface area contributed by atoms with Gasteiger partial charge in [-0.2, -0.15) is 0 Å². The number of hydrogen-bond donors (Lipinski definition) is 0. The van der Waals surface area contributed by atoms with Gasteiger partial charge in [0.05, 0.1) is 13.2 Å². The van der Waals surface area contributed by atoms with E-state index in [1.807, 2.05) is 23.1 Å². The number of likely N-dealkylation sites (tertiary alicyclic amines) is 1. The van der Waals surface area contributed by atoms with Crippen LogP contribution in [0.5, 0.6) is 0 Å². The monoisotopic (exact) mass is 374 g/mol. The Morgan fingerprint density at radius 2 is 1.74 bits per heavy atom. The predicted molar refractivity (Wildman–Crippen MR) is 102 cm³/mol. The lowest BCUT2D eigenvalue weighted by atomic mass is 10.0. The first kappa shape index (κ1) is 19.8. The van der Waals surface area contributed by atoms with Crippen LogP contribution in [0.2, 0.25) is 0 Å². The lowest BCUT2D eigenvalue weighted by molar-refractivity contribution is -0.187. The number of benzene rings is 1. The van der Waals surface area contributed by atoms with E-state index < -0.39 is 5.79 Å². The number of carbonyl (C=O) groups is 2. The molecule has 6 nitrogen and oxygen atoms in total. The highest BCUT2D eigenvalue weighted by Gasteiger charge is 2.40. The molecule has 0 radical (unpaired) electrons. The maximum Gasteiger partial charge on any atom is 0.224 e. The summed E-state index contributed by atoms with van der Waals surface area (Å²) >= 11 is 0. The van der Waals surface area contributed by atoms with Crippen molar-refractivity contribution in [3.05, 3.63) is 35.9 Å². The van der Waals surface area contributed by atoms with Crippen LogP contribution in [0.4, 0.5) is 0 Å². The summed E-state index contributed by atoms with van der Waals surface area (Å²) in [6.07, 6.45) is 3.67. The van der Waals surface area contributed by atoms with Gasteiger partial charge in [0.1, 0.15) is 0 Å². The zero-order valence-corrected chi connectivity index (χ0v) is 16.2. The number of rotatable bonds is 7. The second-order valence-corrected chi connectivity index (χ2v) is 7.33. The van der Waals surface area contributed by atoms with Gasteiger partial charge >= 0.3 is 0 Å². The fraction of sp³-hybridized carbons (Fsp3) is 0.619. The molecule has 0 bridgehead atoms. The summed E-state index contributed by atoms with van der Waals surface area (Å²) in [5, 5.41) is 0. The van der Waals surface area contributed by atoms with Crippen LogP contribution in [0, 0.1) is 0 Å². The average Bonchev–Trinajstić information content (AvgIpc) is 3.13. The number of ether oxygens (including phenoxy) is 2. The van der Waals surface area contributed by atoms with E-state index in [-0.39, 0.29) is 11.8 Å². The van der Waals surface area contributed by atoms with Gasteiger partial charge < -0.3 is 19.3 Å². The normalized spacial score (nSPS) is 18.6. The lowest BCUT2D eigenvalue weighted by Gasteiger charge is -2.37. The third kappa shape index (κ3) is 5.53. The number of nitrogens with zero attached hydrogens (tertiary/aromatic N) is 2. The molecule has 0 aromatic heterocycles. The number of amides is 2. The molecule has 1 aromatic carbocycles. The van der Waals surface area contributed by atoms with Crippen LogP contribution in [0.15, 0.2) is 30.3 Å². The summed E-state index contributed by atoms with van der Waals surface area (Å²) < 4.78 is 11.4. The minimum Gasteiger partial charge on any atom is -0.347 e. The molecule has 1 spiro atoms. The van der Waals surface area contributed by atoms with E-state index in [4.69, 9.17) is 9.47 Å². The van der Waals surface area contributed by atoms with Gasteiger partial charge in [-0.05, 0) is 18.4 Å². The van der Waals surface area contributed by atoms with Crippen molar-refractivity contribution in [3.8, 4) is 0 Å². The van der Waals surface area contributed by atoms with Gasteiger partial charge in [0.2, 0.25) is 11.8 Å². The largest absolute Gasteiger partial charge is 0.347 e. The van der Waals surface area contributed by atoms with Gasteiger partial charge in [0, 0.05) is 52.4 Å². The first-order chi connectivity index (χ1) is 13.1. The summed E-state index contributed by atoms with van der Waals surface area (Å²) in [4.78, 5) is 28.1. The Hall–Kier alpha value is -1.92. The van der Waals surface area contributed by atoms with E-state index in [1.54, 1.807) is 11.8 Å².